The number of benzene rings is 2. The molecule has 31 heavy (non-hydrogen) atoms. The minimum Gasteiger partial charge on any atom is -0.496 e. The molecule has 8 nitrogen and oxygen atoms in total. The largest absolute Gasteiger partial charge is 0.496 e. The molecular formula is C22H23FN4O4. The molecule has 2 amide bonds. The number of nitrogens with one attached hydrogen (secondary N) is 1. The van der Waals surface area contributed by atoms with Crippen molar-refractivity contribution in [1.29, 1.82) is 0 Å². The molecule has 0 saturated carbocycles. The number of aromatic nitrogens is 2. The molecule has 4 rings (SSSR count). The fourth-order valence-corrected chi connectivity index (χ4v) is 3.84. The van der Waals surface area contributed by atoms with Crippen molar-refractivity contribution in [2.75, 3.05) is 25.6 Å². The van der Waals surface area contributed by atoms with Crippen LogP contribution in [-0.2, 0) is 11.3 Å². The Hall–Kier alpha value is -3.46. The minimum atomic E-state index is -0.912. The fraction of sp³-hybridized carbons (Fsp3) is 0.318. The molecule has 9 heteroatoms. The van der Waals surface area contributed by atoms with Gasteiger partial charge in [-0.1, -0.05) is 6.07 Å². The molecule has 1 aliphatic rings. The number of rotatable bonds is 6. The van der Waals surface area contributed by atoms with Crippen LogP contribution in [0.3, 0.4) is 0 Å². The monoisotopic (exact) mass is 426 g/mol. The van der Waals surface area contributed by atoms with Crippen LogP contribution in [0.2, 0.25) is 0 Å². The predicted molar refractivity (Wildman–Crippen MR) is 113 cm³/mol. The average molecular weight is 426 g/mol. The highest BCUT2D eigenvalue weighted by atomic mass is 19.1. The van der Waals surface area contributed by atoms with E-state index in [0.29, 0.717) is 48.0 Å². The van der Waals surface area contributed by atoms with Gasteiger partial charge in [-0.05, 0) is 49.1 Å². The molecule has 0 radical (unpaired) electrons. The van der Waals surface area contributed by atoms with Gasteiger partial charge in [0.2, 0.25) is 0 Å². The van der Waals surface area contributed by atoms with Gasteiger partial charge < -0.3 is 20.5 Å². The summed E-state index contributed by atoms with van der Waals surface area (Å²) < 4.78 is 26.4. The van der Waals surface area contributed by atoms with Crippen molar-refractivity contribution in [3.8, 4) is 5.75 Å². The van der Waals surface area contributed by atoms with Gasteiger partial charge in [0.25, 0.3) is 11.8 Å². The Morgan fingerprint density at radius 3 is 2.77 bits per heavy atom. The van der Waals surface area contributed by atoms with Crippen molar-refractivity contribution in [2.24, 2.45) is 11.7 Å². The second-order valence-electron chi connectivity index (χ2n) is 7.45. The van der Waals surface area contributed by atoms with Crippen LogP contribution in [0.5, 0.6) is 5.75 Å². The number of carbonyl (C=O) groups excluding carboxylic acids is 2. The smallest absolute Gasteiger partial charge is 0.274 e. The highest BCUT2D eigenvalue weighted by Gasteiger charge is 2.25. The summed E-state index contributed by atoms with van der Waals surface area (Å²) in [5.74, 6) is -1.25. The van der Waals surface area contributed by atoms with Crippen molar-refractivity contribution in [2.45, 2.75) is 19.4 Å². The maximum absolute atomic E-state index is 13.8. The Morgan fingerprint density at radius 1 is 1.29 bits per heavy atom. The molecule has 0 bridgehead atoms. The lowest BCUT2D eigenvalue weighted by Crippen LogP contribution is -2.25. The van der Waals surface area contributed by atoms with Crippen LogP contribution in [0.15, 0.2) is 36.4 Å². The quantitative estimate of drug-likeness (QED) is 0.630. The first-order valence-electron chi connectivity index (χ1n) is 10.00. The van der Waals surface area contributed by atoms with E-state index in [2.05, 4.69) is 10.4 Å². The molecule has 1 saturated heterocycles. The lowest BCUT2D eigenvalue weighted by molar-refractivity contribution is 0.0598. The number of halogens is 1. The third kappa shape index (κ3) is 4.22. The number of hydrogen-bond donors (Lipinski definition) is 2. The van der Waals surface area contributed by atoms with Crippen molar-refractivity contribution in [3.05, 3.63) is 53.5 Å². The van der Waals surface area contributed by atoms with Crippen molar-refractivity contribution in [3.63, 3.8) is 0 Å². The van der Waals surface area contributed by atoms with Crippen LogP contribution in [0.4, 0.5) is 10.1 Å². The van der Waals surface area contributed by atoms with E-state index < -0.39 is 17.6 Å². The van der Waals surface area contributed by atoms with E-state index in [1.165, 1.54) is 19.2 Å². The van der Waals surface area contributed by atoms with Crippen LogP contribution >= 0.6 is 0 Å². The molecule has 0 aliphatic carbocycles. The SMILES string of the molecule is COc1cccc2nn(CC3CCOCC3)c(C(=O)Nc3ccc(F)c(C(N)=O)c3)c12. The Bertz CT molecular complexity index is 1140. The lowest BCUT2D eigenvalue weighted by atomic mass is 10.0. The number of nitrogens with two attached hydrogens (primary N) is 1. The zero-order valence-corrected chi connectivity index (χ0v) is 17.1. The molecule has 162 valence electrons. The molecule has 0 spiro atoms. The Balaban J connectivity index is 1.73. The summed E-state index contributed by atoms with van der Waals surface area (Å²) in [4.78, 5) is 24.8. The van der Waals surface area contributed by atoms with Gasteiger partial charge in [-0.15, -0.1) is 0 Å². The van der Waals surface area contributed by atoms with Crippen molar-refractivity contribution >= 4 is 28.4 Å². The molecule has 3 N–H and O–H groups in total. The summed E-state index contributed by atoms with van der Waals surface area (Å²) >= 11 is 0. The Kier molecular flexibility index (Phi) is 5.85. The van der Waals surface area contributed by atoms with E-state index in [-0.39, 0.29) is 11.3 Å². The number of methoxy groups -OCH3 is 1. The van der Waals surface area contributed by atoms with Gasteiger partial charge in [0.05, 0.1) is 23.6 Å². The van der Waals surface area contributed by atoms with Gasteiger partial charge in [0.15, 0.2) is 0 Å². The maximum atomic E-state index is 13.8. The molecule has 1 fully saturated rings. The van der Waals surface area contributed by atoms with Gasteiger partial charge in [-0.25, -0.2) is 4.39 Å². The first-order chi connectivity index (χ1) is 15.0. The number of hydrogen-bond acceptors (Lipinski definition) is 5. The average Bonchev–Trinajstić information content (AvgIpc) is 3.13. The van der Waals surface area contributed by atoms with E-state index in [1.807, 2.05) is 12.1 Å². The van der Waals surface area contributed by atoms with Crippen LogP contribution < -0.4 is 15.8 Å². The van der Waals surface area contributed by atoms with E-state index in [9.17, 15) is 14.0 Å². The fourth-order valence-electron chi connectivity index (χ4n) is 3.84. The van der Waals surface area contributed by atoms with Gasteiger partial charge in [0.1, 0.15) is 17.3 Å². The second kappa shape index (κ2) is 8.73. The maximum Gasteiger partial charge on any atom is 0.274 e. The van der Waals surface area contributed by atoms with Crippen molar-refractivity contribution in [1.82, 2.24) is 9.78 Å². The third-order valence-corrected chi connectivity index (χ3v) is 5.42. The molecule has 2 heterocycles. The molecule has 1 aromatic heterocycles. The molecule has 0 atom stereocenters. The third-order valence-electron chi connectivity index (χ3n) is 5.42. The standard InChI is InChI=1S/C22H23FN4O4/c1-30-18-4-2-3-17-19(18)20(27(26-17)12-13-7-9-31-10-8-13)22(29)25-14-5-6-16(23)15(11-14)21(24)28/h2-6,11,13H,7-10,12H2,1H3,(H2,24,28)(H,25,29). The lowest BCUT2D eigenvalue weighted by Gasteiger charge is -2.22. The zero-order chi connectivity index (χ0) is 22.0. The van der Waals surface area contributed by atoms with Crippen LogP contribution in [0, 0.1) is 11.7 Å². The normalized spacial score (nSPS) is 14.5. The zero-order valence-electron chi connectivity index (χ0n) is 17.1. The van der Waals surface area contributed by atoms with Gasteiger partial charge in [-0.2, -0.15) is 5.10 Å². The number of nitrogens with zero attached hydrogens (tertiary/aromatic N) is 2. The number of anilines is 1. The van der Waals surface area contributed by atoms with Gasteiger partial charge in [0, 0.05) is 25.4 Å². The molecule has 0 unspecified atom stereocenters. The van der Waals surface area contributed by atoms with E-state index in [4.69, 9.17) is 15.2 Å². The molecule has 3 aromatic rings. The number of amides is 2. The number of primary amides is 1. The Morgan fingerprint density at radius 2 is 2.06 bits per heavy atom. The summed E-state index contributed by atoms with van der Waals surface area (Å²) in [5, 5.41) is 7.96. The highest BCUT2D eigenvalue weighted by Crippen LogP contribution is 2.31. The van der Waals surface area contributed by atoms with Gasteiger partial charge in [-0.3, -0.25) is 14.3 Å². The topological polar surface area (TPSA) is 108 Å². The summed E-state index contributed by atoms with van der Waals surface area (Å²) in [6.07, 6.45) is 1.77. The summed E-state index contributed by atoms with van der Waals surface area (Å²) in [6.45, 7) is 1.92. The van der Waals surface area contributed by atoms with Crippen LogP contribution in [-0.4, -0.2) is 41.9 Å². The highest BCUT2D eigenvalue weighted by molar-refractivity contribution is 6.13. The van der Waals surface area contributed by atoms with Crippen LogP contribution in [0.1, 0.15) is 33.7 Å². The summed E-state index contributed by atoms with van der Waals surface area (Å²) in [6, 6.07) is 9.08. The second-order valence-corrected chi connectivity index (χ2v) is 7.45. The molecule has 1 aliphatic heterocycles. The van der Waals surface area contributed by atoms with E-state index >= 15 is 0 Å². The van der Waals surface area contributed by atoms with E-state index in [0.717, 1.165) is 18.9 Å². The molecular weight excluding hydrogens is 403 g/mol. The van der Waals surface area contributed by atoms with Gasteiger partial charge >= 0.3 is 0 Å². The van der Waals surface area contributed by atoms with Crippen molar-refractivity contribution < 1.29 is 23.5 Å². The van der Waals surface area contributed by atoms with Crippen LogP contribution in [0.25, 0.3) is 10.9 Å². The number of carbonyl (C=O) groups is 2. The predicted octanol–water partition coefficient (Wildman–Crippen LogP) is 2.96. The summed E-state index contributed by atoms with van der Waals surface area (Å²) in [7, 11) is 1.53. The number of ether oxygens (including phenoxy) is 2. The first-order valence-corrected chi connectivity index (χ1v) is 10.00. The Labute approximate surface area is 178 Å². The first kappa shape index (κ1) is 20.8. The number of fused-ring (bicyclic) bond motifs is 1. The summed E-state index contributed by atoms with van der Waals surface area (Å²) in [5.41, 5.74) is 6.14. The van der Waals surface area contributed by atoms with E-state index in [1.54, 1.807) is 10.7 Å². The minimum absolute atomic E-state index is 0.252. The molecule has 2 aromatic carbocycles.